The number of hydrogen-bond acceptors (Lipinski definition) is 5. The Morgan fingerprint density at radius 3 is 2.92 bits per heavy atom. The number of rotatable bonds is 4. The number of anilines is 2. The van der Waals surface area contributed by atoms with Gasteiger partial charge < -0.3 is 10.2 Å². The largest absolute Gasteiger partial charge is 0.355 e. The molecule has 1 aliphatic rings. The van der Waals surface area contributed by atoms with Gasteiger partial charge in [-0.1, -0.05) is 18.5 Å². The van der Waals surface area contributed by atoms with Crippen LogP contribution in [0.15, 0.2) is 22.8 Å². The maximum absolute atomic E-state index is 12.7. The topological polar surface area (TPSA) is 71.0 Å². The van der Waals surface area contributed by atoms with Crippen molar-refractivity contribution in [3.05, 3.63) is 39.3 Å². The first-order valence-corrected chi connectivity index (χ1v) is 9.85. The quantitative estimate of drug-likeness (QED) is 0.730. The van der Waals surface area contributed by atoms with Gasteiger partial charge in [-0.15, -0.1) is 0 Å². The van der Waals surface area contributed by atoms with Gasteiger partial charge in [-0.2, -0.15) is 0 Å². The van der Waals surface area contributed by atoms with Crippen LogP contribution in [-0.2, 0) is 11.2 Å². The zero-order valence-corrected chi connectivity index (χ0v) is 17.1. The van der Waals surface area contributed by atoms with E-state index in [1.807, 2.05) is 19.9 Å². The van der Waals surface area contributed by atoms with Crippen molar-refractivity contribution in [1.82, 2.24) is 15.0 Å². The summed E-state index contributed by atoms with van der Waals surface area (Å²) in [6.45, 7) is 5.35. The predicted molar refractivity (Wildman–Crippen MR) is 107 cm³/mol. The second-order valence-electron chi connectivity index (χ2n) is 6.35. The molecule has 0 bridgehead atoms. The summed E-state index contributed by atoms with van der Waals surface area (Å²) < 4.78 is 0.877. The highest BCUT2D eigenvalue weighted by Gasteiger charge is 2.28. The van der Waals surface area contributed by atoms with Crippen molar-refractivity contribution in [3.63, 3.8) is 0 Å². The molecule has 1 N–H and O–H groups in total. The number of amides is 1. The highest BCUT2D eigenvalue weighted by atomic mass is 79.9. The molecular formula is C18H21BrClN5O. The number of aryl methyl sites for hydroxylation is 1. The molecule has 2 aromatic rings. The number of nitrogens with one attached hydrogen (secondary N) is 1. The minimum Gasteiger partial charge on any atom is -0.355 e. The van der Waals surface area contributed by atoms with Gasteiger partial charge in [0, 0.05) is 29.3 Å². The van der Waals surface area contributed by atoms with Gasteiger partial charge in [0.25, 0.3) is 0 Å². The Bertz CT molecular complexity index is 799. The third-order valence-electron chi connectivity index (χ3n) is 4.47. The van der Waals surface area contributed by atoms with E-state index in [1.165, 1.54) is 0 Å². The van der Waals surface area contributed by atoms with Crippen LogP contribution >= 0.6 is 27.5 Å². The lowest BCUT2D eigenvalue weighted by Crippen LogP contribution is -2.41. The van der Waals surface area contributed by atoms with Gasteiger partial charge in [-0.25, -0.2) is 15.0 Å². The molecular weight excluding hydrogens is 418 g/mol. The average Bonchev–Trinajstić information content (AvgIpc) is 2.63. The average molecular weight is 439 g/mol. The summed E-state index contributed by atoms with van der Waals surface area (Å²) in [5, 5.41) is 3.41. The number of nitrogens with zero attached hydrogens (tertiary/aromatic N) is 4. The van der Waals surface area contributed by atoms with Gasteiger partial charge in [0.1, 0.15) is 22.6 Å². The van der Waals surface area contributed by atoms with Gasteiger partial charge >= 0.3 is 0 Å². The van der Waals surface area contributed by atoms with E-state index >= 15 is 0 Å². The number of halogens is 2. The summed E-state index contributed by atoms with van der Waals surface area (Å²) in [7, 11) is 0. The van der Waals surface area contributed by atoms with Crippen molar-refractivity contribution in [2.45, 2.75) is 33.1 Å². The maximum atomic E-state index is 12.7. The summed E-state index contributed by atoms with van der Waals surface area (Å²) in [6, 6.07) is 3.64. The lowest BCUT2D eigenvalue weighted by atomic mass is 9.96. The highest BCUT2D eigenvalue weighted by Crippen LogP contribution is 2.29. The fourth-order valence-corrected chi connectivity index (χ4v) is 3.75. The number of piperidine rings is 1. The van der Waals surface area contributed by atoms with Crippen LogP contribution in [0.3, 0.4) is 0 Å². The molecule has 1 aliphatic heterocycles. The Kier molecular flexibility index (Phi) is 6.09. The third-order valence-corrected chi connectivity index (χ3v) is 5.25. The zero-order chi connectivity index (χ0) is 18.7. The zero-order valence-electron chi connectivity index (χ0n) is 14.8. The van der Waals surface area contributed by atoms with Gasteiger partial charge in [0.2, 0.25) is 5.91 Å². The van der Waals surface area contributed by atoms with Gasteiger partial charge in [-0.3, -0.25) is 4.79 Å². The molecule has 26 heavy (non-hydrogen) atoms. The first kappa shape index (κ1) is 19.0. The molecule has 138 valence electrons. The number of carbonyl (C=O) groups excluding carboxylic acids is 1. The van der Waals surface area contributed by atoms with E-state index in [0.717, 1.165) is 41.7 Å². The molecule has 3 rings (SSSR count). The normalized spacial score (nSPS) is 17.2. The van der Waals surface area contributed by atoms with E-state index in [4.69, 9.17) is 11.6 Å². The van der Waals surface area contributed by atoms with Crippen molar-refractivity contribution in [3.8, 4) is 0 Å². The molecule has 3 heterocycles. The molecule has 0 aliphatic carbocycles. The van der Waals surface area contributed by atoms with Crippen molar-refractivity contribution in [1.29, 1.82) is 0 Å². The fourth-order valence-electron chi connectivity index (χ4n) is 3.17. The van der Waals surface area contributed by atoms with Gasteiger partial charge in [-0.05, 0) is 54.2 Å². The van der Waals surface area contributed by atoms with E-state index in [1.54, 1.807) is 12.3 Å². The van der Waals surface area contributed by atoms with Crippen LogP contribution in [0.25, 0.3) is 0 Å². The number of hydrogen-bond donors (Lipinski definition) is 1. The minimum atomic E-state index is -0.118. The summed E-state index contributed by atoms with van der Waals surface area (Å²) in [6.07, 6.45) is 4.19. The molecule has 1 fully saturated rings. The highest BCUT2D eigenvalue weighted by molar-refractivity contribution is 9.10. The van der Waals surface area contributed by atoms with Crippen LogP contribution < -0.4 is 10.2 Å². The standard InChI is InChI=1S/C18H21BrClN5O/c1-3-14-16(20)22-11(2)23-17(14)25-8-4-5-12(10-25)18(26)24-15-7-6-13(19)9-21-15/h6-7,9,12H,3-5,8,10H2,1-2H3,(H,21,24,26). The van der Waals surface area contributed by atoms with E-state index in [-0.39, 0.29) is 11.8 Å². The molecule has 0 radical (unpaired) electrons. The SMILES string of the molecule is CCc1c(Cl)nc(C)nc1N1CCCC(C(=O)Nc2ccc(Br)cn2)C1. The fraction of sp³-hybridized carbons (Fsp3) is 0.444. The number of aromatic nitrogens is 3. The summed E-state index contributed by atoms with van der Waals surface area (Å²) >= 11 is 9.65. The molecule has 0 spiro atoms. The molecule has 2 aromatic heterocycles. The Morgan fingerprint density at radius 2 is 2.23 bits per heavy atom. The molecule has 1 saturated heterocycles. The van der Waals surface area contributed by atoms with E-state index in [2.05, 4.69) is 41.1 Å². The van der Waals surface area contributed by atoms with Gasteiger partial charge in [0.15, 0.2) is 0 Å². The Balaban J connectivity index is 1.75. The first-order valence-electron chi connectivity index (χ1n) is 8.68. The first-order chi connectivity index (χ1) is 12.5. The summed E-state index contributed by atoms with van der Waals surface area (Å²) in [4.78, 5) is 27.9. The Labute approximate surface area is 166 Å². The molecule has 0 saturated carbocycles. The third kappa shape index (κ3) is 4.32. The molecule has 0 aromatic carbocycles. The molecule has 1 unspecified atom stereocenters. The summed E-state index contributed by atoms with van der Waals surface area (Å²) in [5.74, 6) is 1.93. The van der Waals surface area contributed by atoms with Gasteiger partial charge in [0.05, 0.1) is 5.92 Å². The smallest absolute Gasteiger partial charge is 0.230 e. The molecule has 6 nitrogen and oxygen atoms in total. The van der Waals surface area contributed by atoms with E-state index in [0.29, 0.717) is 23.3 Å². The lowest BCUT2D eigenvalue weighted by Gasteiger charge is -2.34. The Morgan fingerprint density at radius 1 is 1.42 bits per heavy atom. The molecule has 1 atom stereocenters. The molecule has 1 amide bonds. The lowest BCUT2D eigenvalue weighted by molar-refractivity contribution is -0.120. The van der Waals surface area contributed by atoms with Crippen LogP contribution in [0.5, 0.6) is 0 Å². The monoisotopic (exact) mass is 437 g/mol. The van der Waals surface area contributed by atoms with Crippen LogP contribution in [0.4, 0.5) is 11.6 Å². The maximum Gasteiger partial charge on any atom is 0.230 e. The van der Waals surface area contributed by atoms with Crippen LogP contribution in [-0.4, -0.2) is 33.9 Å². The van der Waals surface area contributed by atoms with Crippen LogP contribution in [0.2, 0.25) is 5.15 Å². The Hall–Kier alpha value is -1.73. The van der Waals surface area contributed by atoms with Crippen molar-refractivity contribution in [2.75, 3.05) is 23.3 Å². The van der Waals surface area contributed by atoms with Crippen molar-refractivity contribution < 1.29 is 4.79 Å². The second kappa shape index (κ2) is 8.31. The van der Waals surface area contributed by atoms with E-state index in [9.17, 15) is 4.79 Å². The van der Waals surface area contributed by atoms with Crippen LogP contribution in [0.1, 0.15) is 31.2 Å². The van der Waals surface area contributed by atoms with Crippen molar-refractivity contribution in [2.24, 2.45) is 5.92 Å². The number of pyridine rings is 1. The van der Waals surface area contributed by atoms with Crippen molar-refractivity contribution >= 4 is 45.1 Å². The van der Waals surface area contributed by atoms with E-state index < -0.39 is 0 Å². The van der Waals surface area contributed by atoms with Crippen LogP contribution in [0, 0.1) is 12.8 Å². The number of carbonyl (C=O) groups is 1. The minimum absolute atomic E-state index is 0.0144. The summed E-state index contributed by atoms with van der Waals surface area (Å²) in [5.41, 5.74) is 0.938. The molecule has 8 heteroatoms. The predicted octanol–water partition coefficient (Wildman–Crippen LogP) is 4.01. The second-order valence-corrected chi connectivity index (χ2v) is 7.63.